The molecule has 2 atom stereocenters. The van der Waals surface area contributed by atoms with Crippen LogP contribution in [0.1, 0.15) is 53.4 Å². The van der Waals surface area contributed by atoms with Crippen molar-refractivity contribution in [2.24, 2.45) is 11.8 Å². The molecule has 0 aromatic carbocycles. The average molecular weight is 301 g/mol. The van der Waals surface area contributed by atoms with Crippen LogP contribution in [0.5, 0.6) is 0 Å². The van der Waals surface area contributed by atoms with Crippen LogP contribution in [0.3, 0.4) is 0 Å². The SMILES string of the molecule is CSCCCCCCN1C(=O)C(C(C)C)NC1C(C)C. The smallest absolute Gasteiger partial charge is 0.241 e. The molecule has 1 fully saturated rings. The van der Waals surface area contributed by atoms with E-state index < -0.39 is 0 Å². The summed E-state index contributed by atoms with van der Waals surface area (Å²) in [5.41, 5.74) is 0. The summed E-state index contributed by atoms with van der Waals surface area (Å²) in [5.74, 6) is 2.41. The maximum Gasteiger partial charge on any atom is 0.241 e. The number of carbonyl (C=O) groups is 1. The molecule has 0 aromatic rings. The van der Waals surface area contributed by atoms with Crippen molar-refractivity contribution in [2.75, 3.05) is 18.6 Å². The minimum absolute atomic E-state index is 0.0129. The molecule has 4 heteroatoms. The zero-order valence-corrected chi connectivity index (χ0v) is 14.6. The van der Waals surface area contributed by atoms with Crippen molar-refractivity contribution in [3.8, 4) is 0 Å². The van der Waals surface area contributed by atoms with Gasteiger partial charge in [-0.25, -0.2) is 0 Å². The molecule has 1 rings (SSSR count). The van der Waals surface area contributed by atoms with E-state index >= 15 is 0 Å². The Labute approximate surface area is 129 Å². The molecule has 0 radical (unpaired) electrons. The van der Waals surface area contributed by atoms with Crippen molar-refractivity contribution >= 4 is 17.7 Å². The topological polar surface area (TPSA) is 32.3 Å². The maximum absolute atomic E-state index is 12.5. The fraction of sp³-hybridized carbons (Fsp3) is 0.938. The zero-order valence-electron chi connectivity index (χ0n) is 13.8. The van der Waals surface area contributed by atoms with Gasteiger partial charge in [-0.15, -0.1) is 0 Å². The summed E-state index contributed by atoms with van der Waals surface area (Å²) >= 11 is 1.92. The molecule has 118 valence electrons. The molecule has 0 saturated carbocycles. The Morgan fingerprint density at radius 2 is 1.75 bits per heavy atom. The molecule has 1 N–H and O–H groups in total. The standard InChI is InChI=1S/C16H32N2OS/c1-12(2)14-16(19)18(15(17-14)13(3)4)10-8-6-7-9-11-20-5/h12-15,17H,6-11H2,1-5H3. The lowest BCUT2D eigenvalue weighted by Gasteiger charge is -2.27. The molecule has 0 aliphatic carbocycles. The Kier molecular flexibility index (Phi) is 7.96. The van der Waals surface area contributed by atoms with E-state index in [0.717, 1.165) is 13.0 Å². The lowest BCUT2D eigenvalue weighted by atomic mass is 10.0. The summed E-state index contributed by atoms with van der Waals surface area (Å²) in [4.78, 5) is 14.6. The summed E-state index contributed by atoms with van der Waals surface area (Å²) in [7, 11) is 0. The van der Waals surface area contributed by atoms with Gasteiger partial charge in [0.2, 0.25) is 5.91 Å². The number of unbranched alkanes of at least 4 members (excludes halogenated alkanes) is 3. The fourth-order valence-electron chi connectivity index (χ4n) is 2.82. The summed E-state index contributed by atoms with van der Waals surface area (Å²) in [5, 5.41) is 3.52. The van der Waals surface area contributed by atoms with Crippen molar-refractivity contribution in [3.63, 3.8) is 0 Å². The Morgan fingerprint density at radius 3 is 2.30 bits per heavy atom. The first-order valence-corrected chi connectivity index (χ1v) is 9.44. The van der Waals surface area contributed by atoms with E-state index in [1.54, 1.807) is 0 Å². The molecular weight excluding hydrogens is 268 g/mol. The minimum Gasteiger partial charge on any atom is -0.326 e. The lowest BCUT2D eigenvalue weighted by Crippen LogP contribution is -2.42. The summed E-state index contributed by atoms with van der Waals surface area (Å²) in [6.07, 6.45) is 7.35. The number of amides is 1. The molecule has 0 bridgehead atoms. The van der Waals surface area contributed by atoms with Crippen LogP contribution in [-0.4, -0.2) is 41.6 Å². The molecule has 1 aliphatic rings. The largest absolute Gasteiger partial charge is 0.326 e. The van der Waals surface area contributed by atoms with E-state index in [1.165, 1.54) is 25.0 Å². The van der Waals surface area contributed by atoms with E-state index in [1.807, 2.05) is 11.8 Å². The summed E-state index contributed by atoms with van der Waals surface area (Å²) in [6, 6.07) is 0.0129. The highest BCUT2D eigenvalue weighted by Gasteiger charge is 2.40. The minimum atomic E-state index is 0.0129. The second kappa shape index (κ2) is 8.93. The van der Waals surface area contributed by atoms with Crippen LogP contribution in [0.25, 0.3) is 0 Å². The van der Waals surface area contributed by atoms with Gasteiger partial charge in [-0.2, -0.15) is 11.8 Å². The van der Waals surface area contributed by atoms with Gasteiger partial charge in [-0.05, 0) is 36.7 Å². The molecule has 0 spiro atoms. The average Bonchev–Trinajstić information content (AvgIpc) is 2.71. The first-order chi connectivity index (χ1) is 9.49. The molecule has 1 saturated heterocycles. The summed E-state index contributed by atoms with van der Waals surface area (Å²) < 4.78 is 0. The van der Waals surface area contributed by atoms with Crippen LogP contribution in [0, 0.1) is 11.8 Å². The molecule has 3 nitrogen and oxygen atoms in total. The molecule has 20 heavy (non-hydrogen) atoms. The molecule has 2 unspecified atom stereocenters. The van der Waals surface area contributed by atoms with Gasteiger partial charge in [0, 0.05) is 6.54 Å². The third kappa shape index (κ3) is 4.96. The van der Waals surface area contributed by atoms with Crippen molar-refractivity contribution in [1.29, 1.82) is 0 Å². The normalized spacial score (nSPS) is 23.4. The maximum atomic E-state index is 12.5. The van der Waals surface area contributed by atoms with Crippen molar-refractivity contribution in [1.82, 2.24) is 10.2 Å². The number of nitrogens with one attached hydrogen (secondary N) is 1. The number of thioether (sulfide) groups is 1. The number of hydrogen-bond donors (Lipinski definition) is 1. The predicted octanol–water partition coefficient (Wildman–Crippen LogP) is 3.35. The monoisotopic (exact) mass is 300 g/mol. The van der Waals surface area contributed by atoms with Crippen LogP contribution in [0.2, 0.25) is 0 Å². The number of nitrogens with zero attached hydrogens (tertiary/aromatic N) is 1. The van der Waals surface area contributed by atoms with Gasteiger partial charge >= 0.3 is 0 Å². The lowest BCUT2D eigenvalue weighted by molar-refractivity contribution is -0.131. The third-order valence-corrected chi connectivity index (χ3v) is 4.73. The first-order valence-electron chi connectivity index (χ1n) is 8.04. The molecule has 1 amide bonds. The first kappa shape index (κ1) is 17.8. The van der Waals surface area contributed by atoms with Crippen LogP contribution in [0.4, 0.5) is 0 Å². The van der Waals surface area contributed by atoms with Crippen molar-refractivity contribution in [3.05, 3.63) is 0 Å². The van der Waals surface area contributed by atoms with Gasteiger partial charge in [0.1, 0.15) is 0 Å². The molecule has 1 heterocycles. The Bertz CT molecular complexity index is 294. The summed E-state index contributed by atoms with van der Waals surface area (Å²) in [6.45, 7) is 9.55. The van der Waals surface area contributed by atoms with Crippen LogP contribution in [0.15, 0.2) is 0 Å². The molecule has 1 aliphatic heterocycles. The van der Waals surface area contributed by atoms with Gasteiger partial charge in [-0.1, -0.05) is 40.5 Å². The van der Waals surface area contributed by atoms with Gasteiger partial charge in [0.15, 0.2) is 0 Å². The Hall–Kier alpha value is -0.220. The highest BCUT2D eigenvalue weighted by atomic mass is 32.2. The number of rotatable bonds is 9. The zero-order chi connectivity index (χ0) is 15.1. The fourth-order valence-corrected chi connectivity index (χ4v) is 3.32. The molecule has 0 aromatic heterocycles. The molecular formula is C16H32N2OS. The highest BCUT2D eigenvalue weighted by molar-refractivity contribution is 7.98. The van der Waals surface area contributed by atoms with Crippen LogP contribution >= 0.6 is 11.8 Å². The second-order valence-corrected chi connectivity index (χ2v) is 7.50. The quantitative estimate of drug-likeness (QED) is 0.663. The number of carbonyl (C=O) groups excluding carboxylic acids is 1. The Morgan fingerprint density at radius 1 is 1.10 bits per heavy atom. The van der Waals surface area contributed by atoms with E-state index in [-0.39, 0.29) is 12.2 Å². The second-order valence-electron chi connectivity index (χ2n) is 6.52. The van der Waals surface area contributed by atoms with Gasteiger partial charge in [0.05, 0.1) is 12.2 Å². The van der Waals surface area contributed by atoms with E-state index in [9.17, 15) is 4.79 Å². The van der Waals surface area contributed by atoms with Gasteiger partial charge in [-0.3, -0.25) is 10.1 Å². The van der Waals surface area contributed by atoms with Crippen LogP contribution < -0.4 is 5.32 Å². The van der Waals surface area contributed by atoms with Gasteiger partial charge in [0.25, 0.3) is 0 Å². The van der Waals surface area contributed by atoms with E-state index in [2.05, 4.69) is 44.2 Å². The highest BCUT2D eigenvalue weighted by Crippen LogP contribution is 2.22. The van der Waals surface area contributed by atoms with Gasteiger partial charge < -0.3 is 4.90 Å². The predicted molar refractivity (Wildman–Crippen MR) is 89.0 cm³/mol. The third-order valence-electron chi connectivity index (χ3n) is 4.03. The van der Waals surface area contributed by atoms with Crippen LogP contribution in [-0.2, 0) is 4.79 Å². The van der Waals surface area contributed by atoms with Crippen molar-refractivity contribution in [2.45, 2.75) is 65.6 Å². The van der Waals surface area contributed by atoms with E-state index in [0.29, 0.717) is 17.7 Å². The van der Waals surface area contributed by atoms with Crippen molar-refractivity contribution < 1.29 is 4.79 Å². The number of hydrogen-bond acceptors (Lipinski definition) is 3. The van der Waals surface area contributed by atoms with E-state index in [4.69, 9.17) is 0 Å². The Balaban J connectivity index is 2.42.